The second-order valence-electron chi connectivity index (χ2n) is 6.35. The van der Waals surface area contributed by atoms with Gasteiger partial charge in [-0.3, -0.25) is 20.4 Å². The zero-order chi connectivity index (χ0) is 21.1. The van der Waals surface area contributed by atoms with Gasteiger partial charge in [-0.25, -0.2) is 9.37 Å². The van der Waals surface area contributed by atoms with Gasteiger partial charge in [0.1, 0.15) is 0 Å². The summed E-state index contributed by atoms with van der Waals surface area (Å²) >= 11 is 0. The Bertz CT molecular complexity index is 1080. The second-order valence-corrected chi connectivity index (χ2v) is 6.35. The predicted molar refractivity (Wildman–Crippen MR) is 101 cm³/mol. The number of amides is 2. The van der Waals surface area contributed by atoms with Crippen molar-refractivity contribution in [3.05, 3.63) is 47.0 Å². The van der Waals surface area contributed by atoms with Crippen LogP contribution in [0.1, 0.15) is 23.9 Å². The minimum atomic E-state index is -1.02. The molecule has 1 aromatic carbocycles. The molecule has 11 heteroatoms. The zero-order valence-electron chi connectivity index (χ0n) is 16.1. The van der Waals surface area contributed by atoms with Crippen LogP contribution in [0.4, 0.5) is 10.3 Å². The molecule has 2 heterocycles. The Labute approximate surface area is 165 Å². The fraction of sp³-hybridized carbons (Fsp3) is 0.278. The predicted octanol–water partition coefficient (Wildman–Crippen LogP) is 0.620. The van der Waals surface area contributed by atoms with E-state index in [1.165, 1.54) is 29.6 Å². The lowest BCUT2D eigenvalue weighted by Crippen LogP contribution is -2.47. The molecule has 0 fully saturated rings. The van der Waals surface area contributed by atoms with E-state index >= 15 is 0 Å². The number of carbonyl (C=O) groups excluding carboxylic acids is 2. The van der Waals surface area contributed by atoms with Crippen LogP contribution in [0, 0.1) is 19.7 Å². The van der Waals surface area contributed by atoms with E-state index < -0.39 is 23.7 Å². The first kappa shape index (κ1) is 20.0. The summed E-state index contributed by atoms with van der Waals surface area (Å²) in [7, 11) is 0. The zero-order valence-corrected chi connectivity index (χ0v) is 16.1. The first-order valence-electron chi connectivity index (χ1n) is 8.74. The monoisotopic (exact) mass is 401 g/mol. The summed E-state index contributed by atoms with van der Waals surface area (Å²) in [5, 5.41) is 4.04. The van der Waals surface area contributed by atoms with Crippen molar-refractivity contribution in [1.29, 1.82) is 0 Å². The molecule has 29 heavy (non-hydrogen) atoms. The Morgan fingerprint density at radius 3 is 2.69 bits per heavy atom. The number of hydrogen-bond donors (Lipinski definition) is 3. The lowest BCUT2D eigenvalue weighted by Gasteiger charge is -2.16. The third-order valence-corrected chi connectivity index (χ3v) is 4.24. The molecule has 0 saturated heterocycles. The number of nitrogens with one attached hydrogen (secondary N) is 2. The van der Waals surface area contributed by atoms with E-state index in [0.29, 0.717) is 22.7 Å². The van der Waals surface area contributed by atoms with E-state index in [4.69, 9.17) is 10.5 Å². The van der Waals surface area contributed by atoms with Crippen molar-refractivity contribution in [2.24, 2.45) is 0 Å². The Balaban J connectivity index is 1.60. The fourth-order valence-corrected chi connectivity index (χ4v) is 2.70. The number of aryl methyl sites for hydroxylation is 2. The van der Waals surface area contributed by atoms with Gasteiger partial charge in [0.05, 0.1) is 6.42 Å². The number of nitrogens with zero attached hydrogens (tertiary/aromatic N) is 4. The molecular formula is C18H20FN7O3. The van der Waals surface area contributed by atoms with Gasteiger partial charge >= 0.3 is 0 Å². The van der Waals surface area contributed by atoms with Gasteiger partial charge in [-0.1, -0.05) is 12.1 Å². The van der Waals surface area contributed by atoms with Crippen LogP contribution in [0.5, 0.6) is 5.75 Å². The van der Waals surface area contributed by atoms with Crippen LogP contribution in [0.2, 0.25) is 0 Å². The average molecular weight is 401 g/mol. The van der Waals surface area contributed by atoms with E-state index in [0.717, 1.165) is 0 Å². The third kappa shape index (κ3) is 4.39. The molecule has 0 aliphatic carbocycles. The minimum absolute atomic E-state index is 0.0524. The maximum atomic E-state index is 13.6. The van der Waals surface area contributed by atoms with Crippen molar-refractivity contribution >= 4 is 23.5 Å². The average Bonchev–Trinajstić information content (AvgIpc) is 3.05. The molecule has 1 atom stereocenters. The largest absolute Gasteiger partial charge is 0.478 e. The van der Waals surface area contributed by atoms with Crippen molar-refractivity contribution < 1.29 is 18.7 Å². The quantitative estimate of drug-likeness (QED) is 0.533. The van der Waals surface area contributed by atoms with Crippen molar-refractivity contribution in [2.45, 2.75) is 33.3 Å². The molecule has 0 aliphatic rings. The number of fused-ring (bicyclic) bond motifs is 1. The van der Waals surface area contributed by atoms with Crippen molar-refractivity contribution in [3.8, 4) is 5.75 Å². The molecular weight excluding hydrogens is 381 g/mol. The maximum absolute atomic E-state index is 13.6. The number of hydrogen-bond acceptors (Lipinski definition) is 7. The first-order valence-corrected chi connectivity index (χ1v) is 8.74. The van der Waals surface area contributed by atoms with Gasteiger partial charge in [0.15, 0.2) is 17.7 Å². The highest BCUT2D eigenvalue weighted by atomic mass is 19.1. The van der Waals surface area contributed by atoms with E-state index in [9.17, 15) is 14.0 Å². The number of ether oxygens (including phenoxy) is 1. The number of carbonyl (C=O) groups is 2. The Morgan fingerprint density at radius 1 is 1.24 bits per heavy atom. The molecule has 0 bridgehead atoms. The Morgan fingerprint density at radius 2 is 1.97 bits per heavy atom. The molecule has 2 aromatic heterocycles. The van der Waals surface area contributed by atoms with Gasteiger partial charge in [-0.15, -0.1) is 5.10 Å². The minimum Gasteiger partial charge on any atom is -0.478 e. The van der Waals surface area contributed by atoms with Crippen molar-refractivity contribution in [1.82, 2.24) is 30.4 Å². The van der Waals surface area contributed by atoms with Gasteiger partial charge in [-0.2, -0.15) is 9.50 Å². The van der Waals surface area contributed by atoms with Crippen molar-refractivity contribution in [3.63, 3.8) is 0 Å². The highest BCUT2D eigenvalue weighted by Gasteiger charge is 2.19. The summed E-state index contributed by atoms with van der Waals surface area (Å²) in [6.07, 6.45) is -1.07. The summed E-state index contributed by atoms with van der Waals surface area (Å²) in [5.74, 6) is -1.32. The normalized spacial score (nSPS) is 11.9. The van der Waals surface area contributed by atoms with Gasteiger partial charge in [0, 0.05) is 17.0 Å². The molecule has 3 rings (SSSR count). The summed E-state index contributed by atoms with van der Waals surface area (Å²) in [6.45, 7) is 4.94. The number of aromatic nitrogens is 4. The third-order valence-electron chi connectivity index (χ3n) is 4.24. The van der Waals surface area contributed by atoms with Crippen LogP contribution in [-0.4, -0.2) is 37.5 Å². The molecule has 0 aliphatic heterocycles. The van der Waals surface area contributed by atoms with E-state index in [1.807, 2.05) is 0 Å². The van der Waals surface area contributed by atoms with E-state index in [1.54, 1.807) is 19.9 Å². The number of halogens is 1. The topological polar surface area (TPSA) is 137 Å². The van der Waals surface area contributed by atoms with Gasteiger partial charge in [0.25, 0.3) is 11.7 Å². The van der Waals surface area contributed by atoms with Gasteiger partial charge in [-0.05, 0) is 32.9 Å². The molecule has 152 valence electrons. The number of anilines is 1. The molecule has 0 spiro atoms. The number of rotatable bonds is 5. The maximum Gasteiger partial charge on any atom is 0.279 e. The van der Waals surface area contributed by atoms with E-state index in [2.05, 4.69) is 25.9 Å². The molecule has 1 unspecified atom stereocenters. The molecule has 3 aromatic rings. The number of nitrogen functional groups attached to an aromatic ring is 1. The number of nitrogens with two attached hydrogens (primary N) is 1. The molecule has 0 radical (unpaired) electrons. The highest BCUT2D eigenvalue weighted by molar-refractivity contribution is 5.85. The molecule has 0 saturated carbocycles. The summed E-state index contributed by atoms with van der Waals surface area (Å²) in [5.41, 5.74) is 12.0. The fourth-order valence-electron chi connectivity index (χ4n) is 2.70. The van der Waals surface area contributed by atoms with Crippen LogP contribution in [0.15, 0.2) is 24.3 Å². The van der Waals surface area contributed by atoms with Gasteiger partial charge in [0.2, 0.25) is 11.9 Å². The summed E-state index contributed by atoms with van der Waals surface area (Å²) in [6, 6.07) is 5.73. The molecule has 4 N–H and O–H groups in total. The molecule has 2 amide bonds. The highest BCUT2D eigenvalue weighted by Crippen LogP contribution is 2.17. The number of benzene rings is 1. The van der Waals surface area contributed by atoms with Gasteiger partial charge < -0.3 is 10.5 Å². The standard InChI is InChI=1S/C18H20FN7O3/c1-9-12(10(2)26-18(21-9)22-17(20)25-26)8-15(27)23-24-16(28)11(3)29-14-7-5-4-6-13(14)19/h4-7,11H,8H2,1-3H3,(H2,20,25)(H,23,27)(H,24,28). The number of para-hydroxylation sites is 1. The lowest BCUT2D eigenvalue weighted by atomic mass is 10.1. The summed E-state index contributed by atoms with van der Waals surface area (Å²) < 4.78 is 20.3. The Hall–Kier alpha value is -3.76. The SMILES string of the molecule is Cc1nc2nc(N)nn2c(C)c1CC(=O)NNC(=O)C(C)Oc1ccccc1F. The van der Waals surface area contributed by atoms with Crippen LogP contribution < -0.4 is 21.3 Å². The molecule has 10 nitrogen and oxygen atoms in total. The van der Waals surface area contributed by atoms with Crippen LogP contribution in [0.3, 0.4) is 0 Å². The smallest absolute Gasteiger partial charge is 0.279 e. The first-order chi connectivity index (χ1) is 13.8. The van der Waals surface area contributed by atoms with Crippen LogP contribution >= 0.6 is 0 Å². The van der Waals surface area contributed by atoms with Crippen molar-refractivity contribution in [2.75, 3.05) is 5.73 Å². The lowest BCUT2D eigenvalue weighted by molar-refractivity contribution is -0.132. The van der Waals surface area contributed by atoms with Crippen LogP contribution in [0.25, 0.3) is 5.78 Å². The second kappa shape index (κ2) is 8.09. The van der Waals surface area contributed by atoms with E-state index in [-0.39, 0.29) is 18.1 Å². The number of hydrazine groups is 1. The van der Waals surface area contributed by atoms with Crippen LogP contribution in [-0.2, 0) is 16.0 Å². The summed E-state index contributed by atoms with van der Waals surface area (Å²) in [4.78, 5) is 32.6. The Kier molecular flexibility index (Phi) is 5.57.